The molecule has 6 amide bonds. The van der Waals surface area contributed by atoms with E-state index in [4.69, 9.17) is 9.47 Å². The van der Waals surface area contributed by atoms with Gasteiger partial charge in [-0.1, -0.05) is 36.4 Å². The van der Waals surface area contributed by atoms with Crippen LogP contribution in [0.2, 0.25) is 0 Å². The van der Waals surface area contributed by atoms with Crippen molar-refractivity contribution in [1.82, 2.24) is 9.80 Å². The predicted molar refractivity (Wildman–Crippen MR) is 171 cm³/mol. The zero-order valence-corrected chi connectivity index (χ0v) is 25.6. The summed E-state index contributed by atoms with van der Waals surface area (Å²) in [5.74, 6) is -2.46. The molecule has 2 saturated heterocycles. The number of amides is 6. The Morgan fingerprint density at radius 3 is 1.43 bits per heavy atom. The van der Waals surface area contributed by atoms with E-state index < -0.39 is 53.8 Å². The van der Waals surface area contributed by atoms with Gasteiger partial charge >= 0.3 is 12.2 Å². The van der Waals surface area contributed by atoms with Gasteiger partial charge in [0.1, 0.15) is 18.0 Å². The van der Waals surface area contributed by atoms with Gasteiger partial charge in [-0.3, -0.25) is 38.8 Å². The fourth-order valence-corrected chi connectivity index (χ4v) is 6.62. The van der Waals surface area contributed by atoms with E-state index in [-0.39, 0.29) is 37.4 Å². The molecule has 2 fully saturated rings. The largest absolute Gasteiger partial charge is 0.442 e. The molecule has 0 N–H and O–H groups in total. The Morgan fingerprint density at radius 2 is 0.980 bits per heavy atom. The van der Waals surface area contributed by atoms with Crippen LogP contribution >= 0.6 is 0 Å². The highest BCUT2D eigenvalue weighted by molar-refractivity contribution is 6.22. The summed E-state index contributed by atoms with van der Waals surface area (Å²) in [4.78, 5) is 81.5. The first kappa shape index (κ1) is 30.0. The zero-order valence-electron chi connectivity index (χ0n) is 25.6. The molecular weight excluding hydrogens is 635 g/mol. The summed E-state index contributed by atoms with van der Waals surface area (Å²) in [7, 11) is 0. The van der Waals surface area contributed by atoms with E-state index in [2.05, 4.69) is 0 Å². The second-order valence-corrected chi connectivity index (χ2v) is 12.0. The van der Waals surface area contributed by atoms with Crippen molar-refractivity contribution >= 4 is 47.2 Å². The third kappa shape index (κ3) is 4.98. The van der Waals surface area contributed by atoms with E-state index >= 15 is 4.39 Å². The molecule has 8 rings (SSSR count). The number of fused-ring (bicyclic) bond motifs is 2. The predicted octanol–water partition coefficient (Wildman–Crippen LogP) is 4.74. The van der Waals surface area contributed by atoms with Crippen LogP contribution in [0.1, 0.15) is 41.4 Å². The van der Waals surface area contributed by atoms with Crippen LogP contribution < -0.4 is 9.80 Å². The van der Waals surface area contributed by atoms with E-state index in [0.717, 1.165) is 9.80 Å². The minimum absolute atomic E-state index is 0.000536. The maximum atomic E-state index is 15.6. The second-order valence-electron chi connectivity index (χ2n) is 12.0. The molecule has 4 aromatic carbocycles. The molecule has 49 heavy (non-hydrogen) atoms. The monoisotopic (exact) mass is 660 g/mol. The molecule has 2 atom stereocenters. The topological polar surface area (TPSA) is 134 Å². The van der Waals surface area contributed by atoms with Crippen LogP contribution in [-0.2, 0) is 9.47 Å². The molecule has 4 aliphatic heterocycles. The lowest BCUT2D eigenvalue weighted by Gasteiger charge is -2.18. The molecule has 0 aliphatic carbocycles. The van der Waals surface area contributed by atoms with Gasteiger partial charge in [0, 0.05) is 11.3 Å². The molecule has 0 spiro atoms. The highest BCUT2D eigenvalue weighted by Crippen LogP contribution is 2.33. The summed E-state index contributed by atoms with van der Waals surface area (Å²) in [5, 5.41) is 0. The number of carbonyl (C=O) groups is 6. The van der Waals surface area contributed by atoms with E-state index in [9.17, 15) is 28.8 Å². The number of anilines is 2. The van der Waals surface area contributed by atoms with Gasteiger partial charge in [-0.2, -0.15) is 0 Å². The molecule has 0 saturated carbocycles. The number of carbonyl (C=O) groups excluding carboxylic acids is 6. The standard InChI is InChI=1S/C36H25FN4O8/c37-30-15-22(39-17-24(49-36(39)47)19-41-33(44)28-10-3-4-11-29(28)34(41)45)12-13-25(30)20-6-5-7-21(14-20)38-16-23(48-35(38)46)18-40-31(42)26-8-1-2-9-27(26)32(40)43/h1-15,23-24H,16-19H2/t23-,24-/m1/s1. The van der Waals surface area contributed by atoms with Crippen LogP contribution in [0.3, 0.4) is 0 Å². The number of halogens is 1. The van der Waals surface area contributed by atoms with E-state index in [1.807, 2.05) is 0 Å². The number of ether oxygens (including phenoxy) is 2. The van der Waals surface area contributed by atoms with Gasteiger partial charge in [0.2, 0.25) is 0 Å². The van der Waals surface area contributed by atoms with Crippen molar-refractivity contribution in [2.45, 2.75) is 12.2 Å². The third-order valence-corrected chi connectivity index (χ3v) is 9.01. The average Bonchev–Trinajstić information content (AvgIpc) is 3.81. The summed E-state index contributed by atoms with van der Waals surface area (Å²) in [5.41, 5.74) is 2.49. The molecule has 244 valence electrons. The maximum Gasteiger partial charge on any atom is 0.414 e. The summed E-state index contributed by atoms with van der Waals surface area (Å²) >= 11 is 0. The first-order valence-corrected chi connectivity index (χ1v) is 15.4. The van der Waals surface area contributed by atoms with Crippen LogP contribution in [0.4, 0.5) is 25.4 Å². The number of nitrogens with zero attached hydrogens (tertiary/aromatic N) is 4. The van der Waals surface area contributed by atoms with Crippen molar-refractivity contribution in [1.29, 1.82) is 0 Å². The molecule has 4 aromatic rings. The molecule has 13 heteroatoms. The Labute approximate surface area is 277 Å². The average molecular weight is 661 g/mol. The highest BCUT2D eigenvalue weighted by Gasteiger charge is 2.42. The van der Waals surface area contributed by atoms with Gasteiger partial charge < -0.3 is 9.47 Å². The Morgan fingerprint density at radius 1 is 0.531 bits per heavy atom. The van der Waals surface area contributed by atoms with Crippen LogP contribution in [0.25, 0.3) is 11.1 Å². The number of benzene rings is 4. The fraction of sp³-hybridized carbons (Fsp3) is 0.167. The normalized spacial score (nSPS) is 19.9. The van der Waals surface area contributed by atoms with Crippen molar-refractivity contribution in [2.75, 3.05) is 36.0 Å². The zero-order chi connectivity index (χ0) is 34.0. The van der Waals surface area contributed by atoms with Crippen molar-refractivity contribution in [3.63, 3.8) is 0 Å². The number of hydrogen-bond acceptors (Lipinski definition) is 8. The van der Waals surface area contributed by atoms with Gasteiger partial charge in [-0.05, 0) is 60.2 Å². The van der Waals surface area contributed by atoms with E-state index in [1.54, 1.807) is 78.9 Å². The summed E-state index contributed by atoms with van der Waals surface area (Å²) < 4.78 is 26.5. The van der Waals surface area contributed by atoms with Gasteiger partial charge in [-0.15, -0.1) is 0 Å². The second kappa shape index (κ2) is 11.4. The van der Waals surface area contributed by atoms with Crippen molar-refractivity contribution in [2.24, 2.45) is 0 Å². The molecule has 0 aromatic heterocycles. The third-order valence-electron chi connectivity index (χ3n) is 9.01. The first-order chi connectivity index (χ1) is 23.7. The molecular formula is C36H25FN4O8. The van der Waals surface area contributed by atoms with Gasteiger partial charge in [0.25, 0.3) is 23.6 Å². The Hall–Kier alpha value is -6.37. The summed E-state index contributed by atoms with van der Waals surface area (Å²) in [6.45, 7) is -0.183. The molecule has 4 heterocycles. The smallest absolute Gasteiger partial charge is 0.414 e. The van der Waals surface area contributed by atoms with Crippen molar-refractivity contribution in [3.05, 3.63) is 119 Å². The highest BCUT2D eigenvalue weighted by atomic mass is 19.1. The Bertz CT molecular complexity index is 2070. The van der Waals surface area contributed by atoms with Crippen LogP contribution in [-0.4, -0.2) is 84.0 Å². The van der Waals surface area contributed by atoms with E-state index in [1.165, 1.54) is 21.9 Å². The Kier molecular flexibility index (Phi) is 6.98. The fourth-order valence-electron chi connectivity index (χ4n) is 6.62. The minimum atomic E-state index is -0.810. The van der Waals surface area contributed by atoms with Crippen LogP contribution in [0.15, 0.2) is 91.0 Å². The summed E-state index contributed by atoms with van der Waals surface area (Å²) in [6, 6.07) is 23.8. The number of rotatable bonds is 7. The number of hydrogen-bond donors (Lipinski definition) is 0. The number of cyclic esters (lactones) is 2. The SMILES string of the molecule is O=C1c2ccccc2C(=O)N1C[C@H]1CN(c2cccc(-c3ccc(N4C[C@H](CN5C(=O)c6ccccc6C5=O)OC4=O)cc3F)c2)C(=O)O1. The lowest BCUT2D eigenvalue weighted by Crippen LogP contribution is -2.38. The lowest BCUT2D eigenvalue weighted by atomic mass is 10.0. The van der Waals surface area contributed by atoms with Crippen LogP contribution in [0.5, 0.6) is 0 Å². The summed E-state index contributed by atoms with van der Waals surface area (Å²) in [6.07, 6.45) is -2.98. The molecule has 4 aliphatic rings. The van der Waals surface area contributed by atoms with Crippen LogP contribution in [0, 0.1) is 5.82 Å². The molecule has 0 radical (unpaired) electrons. The maximum absolute atomic E-state index is 15.6. The molecule has 0 unspecified atom stereocenters. The van der Waals surface area contributed by atoms with E-state index in [0.29, 0.717) is 33.5 Å². The minimum Gasteiger partial charge on any atom is -0.442 e. The molecule has 0 bridgehead atoms. The Balaban J connectivity index is 0.942. The van der Waals surface area contributed by atoms with Gasteiger partial charge in [0.05, 0.1) is 54.1 Å². The number of imide groups is 2. The molecule has 12 nitrogen and oxygen atoms in total. The first-order valence-electron chi connectivity index (χ1n) is 15.4. The van der Waals surface area contributed by atoms with Crippen molar-refractivity contribution < 1.29 is 42.6 Å². The van der Waals surface area contributed by atoms with Crippen molar-refractivity contribution in [3.8, 4) is 11.1 Å². The lowest BCUT2D eigenvalue weighted by molar-refractivity contribution is 0.0550. The quantitative estimate of drug-likeness (QED) is 0.260. The van der Waals surface area contributed by atoms with Gasteiger partial charge in [-0.25, -0.2) is 14.0 Å². The van der Waals surface area contributed by atoms with Gasteiger partial charge in [0.15, 0.2) is 0 Å².